The number of carbonyl (C=O) groups is 1. The molecule has 6 nitrogen and oxygen atoms in total. The summed E-state index contributed by atoms with van der Waals surface area (Å²) < 4.78 is 30.3. The van der Waals surface area contributed by atoms with Gasteiger partial charge < -0.3 is 10.1 Å². The summed E-state index contributed by atoms with van der Waals surface area (Å²) in [6.45, 7) is -2.93. The largest absolute Gasteiger partial charge is 0.435 e. The lowest BCUT2D eigenvalue weighted by molar-refractivity contribution is -0.118. The quantitative estimate of drug-likeness (QED) is 0.517. The Morgan fingerprint density at radius 2 is 1.93 bits per heavy atom. The smallest absolute Gasteiger partial charge is 0.387 e. The Morgan fingerprint density at radius 3 is 2.59 bits per heavy atom. The Kier molecular flexibility index (Phi) is 5.70. The summed E-state index contributed by atoms with van der Waals surface area (Å²) in [5, 5.41) is 3.25. The summed E-state index contributed by atoms with van der Waals surface area (Å²) in [7, 11) is 1.52. The maximum atomic E-state index is 13.0. The molecule has 3 rings (SSSR count). The number of hydrogen-bond donors (Lipinski definition) is 1. The highest BCUT2D eigenvalue weighted by Crippen LogP contribution is 2.23. The first kappa shape index (κ1) is 18.8. The Bertz CT molecular complexity index is 1020. The van der Waals surface area contributed by atoms with E-state index in [0.29, 0.717) is 21.7 Å². The molecule has 1 amide bonds. The van der Waals surface area contributed by atoms with Crippen LogP contribution in [0.5, 0.6) is 5.75 Å². The summed E-state index contributed by atoms with van der Waals surface area (Å²) >= 11 is 1.11. The van der Waals surface area contributed by atoms with Crippen LogP contribution in [-0.4, -0.2) is 34.9 Å². The molecular formula is C18H15F2N3O3S. The first-order valence-corrected chi connectivity index (χ1v) is 8.88. The van der Waals surface area contributed by atoms with Crippen molar-refractivity contribution < 1.29 is 18.3 Å². The van der Waals surface area contributed by atoms with Crippen molar-refractivity contribution in [2.45, 2.75) is 11.8 Å². The van der Waals surface area contributed by atoms with Gasteiger partial charge in [-0.1, -0.05) is 23.9 Å². The number of halogens is 2. The Morgan fingerprint density at radius 1 is 1.22 bits per heavy atom. The molecule has 0 saturated carbocycles. The van der Waals surface area contributed by atoms with Crippen LogP contribution in [0, 0.1) is 0 Å². The predicted octanol–water partition coefficient (Wildman–Crippen LogP) is 2.83. The predicted molar refractivity (Wildman–Crippen MR) is 98.8 cm³/mol. The first-order valence-electron chi connectivity index (χ1n) is 7.90. The second kappa shape index (κ2) is 8.17. The van der Waals surface area contributed by atoms with Gasteiger partial charge in [-0.25, -0.2) is 4.98 Å². The van der Waals surface area contributed by atoms with E-state index in [-0.39, 0.29) is 23.0 Å². The molecule has 0 aliphatic rings. The molecule has 0 radical (unpaired) electrons. The third-order valence-electron chi connectivity index (χ3n) is 3.68. The fourth-order valence-electron chi connectivity index (χ4n) is 2.42. The van der Waals surface area contributed by atoms with Gasteiger partial charge in [-0.3, -0.25) is 14.2 Å². The van der Waals surface area contributed by atoms with E-state index >= 15 is 0 Å². The zero-order valence-corrected chi connectivity index (χ0v) is 15.0. The number of thioether (sulfide) groups is 1. The van der Waals surface area contributed by atoms with Crippen LogP contribution < -0.4 is 15.6 Å². The summed E-state index contributed by atoms with van der Waals surface area (Å²) in [5.41, 5.74) is 0.623. The van der Waals surface area contributed by atoms with Crippen LogP contribution in [-0.2, 0) is 4.79 Å². The van der Waals surface area contributed by atoms with Crippen molar-refractivity contribution in [1.82, 2.24) is 14.9 Å². The van der Waals surface area contributed by atoms with Crippen LogP contribution in [0.3, 0.4) is 0 Å². The van der Waals surface area contributed by atoms with Crippen molar-refractivity contribution in [2.75, 3.05) is 12.8 Å². The second-order valence-corrected chi connectivity index (χ2v) is 6.33. The van der Waals surface area contributed by atoms with E-state index in [1.165, 1.54) is 35.9 Å². The average molecular weight is 391 g/mol. The number of benzene rings is 2. The van der Waals surface area contributed by atoms with E-state index in [1.54, 1.807) is 24.3 Å². The molecule has 0 spiro atoms. The number of ether oxygens (including phenoxy) is 1. The summed E-state index contributed by atoms with van der Waals surface area (Å²) in [6.07, 6.45) is 0. The number of nitrogens with one attached hydrogen (secondary N) is 1. The molecule has 1 N–H and O–H groups in total. The third kappa shape index (κ3) is 4.25. The molecule has 0 saturated heterocycles. The normalized spacial score (nSPS) is 11.0. The fraction of sp³-hybridized carbons (Fsp3) is 0.167. The average Bonchev–Trinajstić information content (AvgIpc) is 2.66. The van der Waals surface area contributed by atoms with Crippen molar-refractivity contribution in [3.8, 4) is 11.4 Å². The van der Waals surface area contributed by atoms with Crippen molar-refractivity contribution in [1.29, 1.82) is 0 Å². The van der Waals surface area contributed by atoms with E-state index < -0.39 is 6.61 Å². The lowest BCUT2D eigenvalue weighted by Gasteiger charge is -2.13. The molecule has 1 aromatic heterocycles. The lowest BCUT2D eigenvalue weighted by Crippen LogP contribution is -2.24. The van der Waals surface area contributed by atoms with Gasteiger partial charge in [0.25, 0.3) is 5.56 Å². The van der Waals surface area contributed by atoms with E-state index in [2.05, 4.69) is 15.0 Å². The topological polar surface area (TPSA) is 73.2 Å². The highest BCUT2D eigenvalue weighted by atomic mass is 32.2. The molecule has 140 valence electrons. The van der Waals surface area contributed by atoms with Gasteiger partial charge in [0.1, 0.15) is 5.75 Å². The van der Waals surface area contributed by atoms with Crippen molar-refractivity contribution in [3.05, 3.63) is 58.9 Å². The van der Waals surface area contributed by atoms with Gasteiger partial charge in [0.05, 0.1) is 22.3 Å². The molecule has 3 aromatic rings. The molecule has 2 aromatic carbocycles. The molecule has 27 heavy (non-hydrogen) atoms. The maximum absolute atomic E-state index is 13.0. The SMILES string of the molecule is CNC(=O)CSc1nc2ccccc2c(=O)n1-c1ccc(OC(F)F)cc1. The lowest BCUT2D eigenvalue weighted by atomic mass is 10.2. The van der Waals surface area contributed by atoms with Gasteiger partial charge in [-0.2, -0.15) is 8.78 Å². The second-order valence-electron chi connectivity index (χ2n) is 5.39. The Hall–Kier alpha value is -2.94. The zero-order valence-electron chi connectivity index (χ0n) is 14.2. The van der Waals surface area contributed by atoms with Gasteiger partial charge in [-0.15, -0.1) is 0 Å². The number of nitrogens with zero attached hydrogens (tertiary/aromatic N) is 2. The molecule has 0 unspecified atom stereocenters. The monoisotopic (exact) mass is 391 g/mol. The fourth-order valence-corrected chi connectivity index (χ4v) is 3.30. The number of rotatable bonds is 6. The number of hydrogen-bond acceptors (Lipinski definition) is 5. The van der Waals surface area contributed by atoms with E-state index in [1.807, 2.05) is 0 Å². The number of para-hydroxylation sites is 1. The number of alkyl halides is 2. The van der Waals surface area contributed by atoms with Crippen LogP contribution in [0.4, 0.5) is 8.78 Å². The molecule has 0 bridgehead atoms. The third-order valence-corrected chi connectivity index (χ3v) is 4.61. The molecular weight excluding hydrogens is 376 g/mol. The minimum absolute atomic E-state index is 0.0184. The molecule has 0 fully saturated rings. The van der Waals surface area contributed by atoms with Crippen LogP contribution in [0.15, 0.2) is 58.5 Å². The van der Waals surface area contributed by atoms with Crippen LogP contribution in [0.25, 0.3) is 16.6 Å². The van der Waals surface area contributed by atoms with Crippen molar-refractivity contribution in [2.24, 2.45) is 0 Å². The number of aromatic nitrogens is 2. The van der Waals surface area contributed by atoms with Gasteiger partial charge in [-0.05, 0) is 36.4 Å². The number of amides is 1. The Labute approximate surface area is 157 Å². The van der Waals surface area contributed by atoms with E-state index in [0.717, 1.165) is 11.8 Å². The van der Waals surface area contributed by atoms with E-state index in [9.17, 15) is 18.4 Å². The number of fused-ring (bicyclic) bond motifs is 1. The van der Waals surface area contributed by atoms with Crippen LogP contribution in [0.2, 0.25) is 0 Å². The van der Waals surface area contributed by atoms with Gasteiger partial charge >= 0.3 is 6.61 Å². The standard InChI is InChI=1S/C18H15F2N3O3S/c1-21-15(24)10-27-18-22-14-5-3-2-4-13(14)16(25)23(18)11-6-8-12(9-7-11)26-17(19)20/h2-9,17H,10H2,1H3,(H,21,24). The van der Waals surface area contributed by atoms with Gasteiger partial charge in [0, 0.05) is 7.05 Å². The van der Waals surface area contributed by atoms with Crippen LogP contribution in [0.1, 0.15) is 0 Å². The highest BCUT2D eigenvalue weighted by molar-refractivity contribution is 7.99. The zero-order chi connectivity index (χ0) is 19.4. The summed E-state index contributed by atoms with van der Waals surface area (Å²) in [6, 6.07) is 12.5. The summed E-state index contributed by atoms with van der Waals surface area (Å²) in [4.78, 5) is 29.1. The molecule has 0 aliphatic carbocycles. The van der Waals surface area contributed by atoms with Gasteiger partial charge in [0.2, 0.25) is 5.91 Å². The molecule has 1 heterocycles. The van der Waals surface area contributed by atoms with Crippen molar-refractivity contribution >= 4 is 28.6 Å². The molecule has 0 atom stereocenters. The van der Waals surface area contributed by atoms with Crippen molar-refractivity contribution in [3.63, 3.8) is 0 Å². The molecule has 0 aliphatic heterocycles. The maximum Gasteiger partial charge on any atom is 0.387 e. The van der Waals surface area contributed by atoms with Gasteiger partial charge in [0.15, 0.2) is 5.16 Å². The minimum Gasteiger partial charge on any atom is -0.435 e. The number of carbonyl (C=O) groups excluding carboxylic acids is 1. The molecule has 9 heteroatoms. The summed E-state index contributed by atoms with van der Waals surface area (Å²) in [5.74, 6) is -0.154. The minimum atomic E-state index is -2.93. The van der Waals surface area contributed by atoms with Crippen LogP contribution >= 0.6 is 11.8 Å². The first-order chi connectivity index (χ1) is 13.0. The highest BCUT2D eigenvalue weighted by Gasteiger charge is 2.15. The van der Waals surface area contributed by atoms with E-state index in [4.69, 9.17) is 0 Å². The Balaban J connectivity index is 2.09.